The van der Waals surface area contributed by atoms with Crippen molar-refractivity contribution in [1.82, 2.24) is 20.4 Å². The second-order valence-electron chi connectivity index (χ2n) is 8.35. The second kappa shape index (κ2) is 10.0. The van der Waals surface area contributed by atoms with Crippen LogP contribution in [-0.2, 0) is 6.54 Å². The van der Waals surface area contributed by atoms with Crippen molar-refractivity contribution >= 4 is 11.6 Å². The monoisotopic (exact) mass is 484 g/mol. The van der Waals surface area contributed by atoms with E-state index in [2.05, 4.69) is 15.5 Å². The molecule has 1 aromatic heterocycles. The summed E-state index contributed by atoms with van der Waals surface area (Å²) in [6.45, 7) is 4.34. The molecule has 1 atom stereocenters. The van der Waals surface area contributed by atoms with Crippen molar-refractivity contribution in [2.45, 2.75) is 26.4 Å². The molecule has 7 nitrogen and oxygen atoms in total. The van der Waals surface area contributed by atoms with Gasteiger partial charge < -0.3 is 14.6 Å². The fraction of sp³-hybridized carbons (Fsp3) is 0.179. The number of urea groups is 1. The number of allylic oxidation sites excluding steroid dienone is 1. The van der Waals surface area contributed by atoms with Gasteiger partial charge in [0, 0.05) is 16.8 Å². The van der Waals surface area contributed by atoms with Crippen LogP contribution in [0.1, 0.15) is 36.9 Å². The van der Waals surface area contributed by atoms with Crippen LogP contribution in [0.15, 0.2) is 89.1 Å². The molecular formula is C28H25FN4O3. The van der Waals surface area contributed by atoms with Gasteiger partial charge in [-0.2, -0.15) is 4.98 Å². The first-order valence-corrected chi connectivity index (χ1v) is 11.7. The Morgan fingerprint density at radius 1 is 1.03 bits per heavy atom. The fourth-order valence-electron chi connectivity index (χ4n) is 4.26. The molecule has 182 valence electrons. The van der Waals surface area contributed by atoms with Crippen molar-refractivity contribution in [3.05, 3.63) is 107 Å². The summed E-state index contributed by atoms with van der Waals surface area (Å²) in [6.07, 6.45) is 0. The number of hydrogen-bond acceptors (Lipinski definition) is 5. The Labute approximate surface area is 208 Å². The topological polar surface area (TPSA) is 80.5 Å². The minimum Gasteiger partial charge on any atom is -0.494 e. The molecule has 0 bridgehead atoms. The summed E-state index contributed by atoms with van der Waals surface area (Å²) in [5.74, 6) is 1.08. The molecule has 0 fully saturated rings. The average Bonchev–Trinajstić information content (AvgIpc) is 3.38. The Hall–Kier alpha value is -4.46. The Morgan fingerprint density at radius 2 is 1.75 bits per heavy atom. The predicted molar refractivity (Wildman–Crippen MR) is 133 cm³/mol. The summed E-state index contributed by atoms with van der Waals surface area (Å²) in [5.41, 5.74) is 3.29. The summed E-state index contributed by atoms with van der Waals surface area (Å²) in [7, 11) is 0. The number of carbonyl (C=O) groups is 1. The lowest BCUT2D eigenvalue weighted by Gasteiger charge is -2.35. The molecule has 0 saturated heterocycles. The van der Waals surface area contributed by atoms with E-state index < -0.39 is 6.04 Å². The molecule has 5 rings (SSSR count). The number of rotatable bonds is 7. The van der Waals surface area contributed by atoms with Crippen LogP contribution in [-0.4, -0.2) is 27.7 Å². The van der Waals surface area contributed by atoms with Crippen molar-refractivity contribution < 1.29 is 18.4 Å². The van der Waals surface area contributed by atoms with E-state index in [0.717, 1.165) is 16.9 Å². The molecule has 0 radical (unpaired) electrons. The molecule has 0 saturated carbocycles. The van der Waals surface area contributed by atoms with Gasteiger partial charge in [0.2, 0.25) is 5.82 Å². The third-order valence-electron chi connectivity index (χ3n) is 6.10. The molecule has 1 unspecified atom stereocenters. The molecule has 1 N–H and O–H groups in total. The van der Waals surface area contributed by atoms with E-state index in [1.54, 1.807) is 18.2 Å². The number of benzene rings is 3. The largest absolute Gasteiger partial charge is 0.494 e. The molecule has 3 aromatic carbocycles. The van der Waals surface area contributed by atoms with Gasteiger partial charge >= 0.3 is 6.03 Å². The van der Waals surface area contributed by atoms with Crippen LogP contribution in [0, 0.1) is 5.82 Å². The van der Waals surface area contributed by atoms with Gasteiger partial charge in [-0.3, -0.25) is 4.90 Å². The zero-order valence-electron chi connectivity index (χ0n) is 19.9. The van der Waals surface area contributed by atoms with E-state index in [-0.39, 0.29) is 24.3 Å². The van der Waals surface area contributed by atoms with Crippen LogP contribution in [0.5, 0.6) is 5.75 Å². The van der Waals surface area contributed by atoms with Gasteiger partial charge in [-0.05, 0) is 37.6 Å². The van der Waals surface area contributed by atoms with Gasteiger partial charge in [0.15, 0.2) is 0 Å². The lowest BCUT2D eigenvalue weighted by molar-refractivity contribution is 0.202. The minimum atomic E-state index is -0.547. The van der Waals surface area contributed by atoms with E-state index in [0.29, 0.717) is 29.3 Å². The Morgan fingerprint density at radius 3 is 2.47 bits per heavy atom. The first-order valence-electron chi connectivity index (χ1n) is 11.7. The van der Waals surface area contributed by atoms with Gasteiger partial charge in [0.25, 0.3) is 5.89 Å². The summed E-state index contributed by atoms with van der Waals surface area (Å²) in [6, 6.07) is 22.5. The van der Waals surface area contributed by atoms with Crippen molar-refractivity contribution in [1.29, 1.82) is 0 Å². The summed E-state index contributed by atoms with van der Waals surface area (Å²) in [4.78, 5) is 19.4. The highest BCUT2D eigenvalue weighted by atomic mass is 19.1. The first kappa shape index (κ1) is 23.3. The van der Waals surface area contributed by atoms with Crippen LogP contribution in [0.3, 0.4) is 0 Å². The van der Waals surface area contributed by atoms with E-state index >= 15 is 0 Å². The summed E-state index contributed by atoms with van der Waals surface area (Å²) < 4.78 is 25.7. The normalized spacial score (nSPS) is 15.7. The molecule has 1 aliphatic heterocycles. The average molecular weight is 485 g/mol. The highest BCUT2D eigenvalue weighted by Crippen LogP contribution is 2.38. The molecule has 1 aliphatic rings. The third kappa shape index (κ3) is 4.57. The van der Waals surface area contributed by atoms with Crippen molar-refractivity contribution in [3.63, 3.8) is 0 Å². The number of hydrogen-bond donors (Lipinski definition) is 1. The number of nitrogens with zero attached hydrogens (tertiary/aromatic N) is 3. The van der Waals surface area contributed by atoms with Crippen molar-refractivity contribution in [3.8, 4) is 17.1 Å². The Bertz CT molecular complexity index is 1400. The van der Waals surface area contributed by atoms with Crippen molar-refractivity contribution in [2.75, 3.05) is 6.61 Å². The SMILES string of the molecule is CCOc1ccc(C2NC(=O)N(Cc3ccccc3F)C(C)=C2c2nc(-c3ccccc3)no2)cc1. The zero-order chi connectivity index (χ0) is 25.1. The van der Waals surface area contributed by atoms with E-state index in [4.69, 9.17) is 9.26 Å². The summed E-state index contributed by atoms with van der Waals surface area (Å²) >= 11 is 0. The summed E-state index contributed by atoms with van der Waals surface area (Å²) in [5, 5.41) is 7.21. The fourth-order valence-corrected chi connectivity index (χ4v) is 4.26. The van der Waals surface area contributed by atoms with Gasteiger partial charge in [0.1, 0.15) is 11.6 Å². The quantitative estimate of drug-likeness (QED) is 0.349. The van der Waals surface area contributed by atoms with Crippen LogP contribution >= 0.6 is 0 Å². The Kier molecular flexibility index (Phi) is 6.49. The molecule has 36 heavy (non-hydrogen) atoms. The number of ether oxygens (including phenoxy) is 1. The van der Waals surface area contributed by atoms with Crippen LogP contribution < -0.4 is 10.1 Å². The van der Waals surface area contributed by atoms with E-state index in [1.165, 1.54) is 11.0 Å². The van der Waals surface area contributed by atoms with Gasteiger partial charge in [-0.1, -0.05) is 65.8 Å². The first-order chi connectivity index (χ1) is 17.5. The van der Waals surface area contributed by atoms with E-state index in [9.17, 15) is 9.18 Å². The number of carbonyl (C=O) groups excluding carboxylic acids is 1. The predicted octanol–water partition coefficient (Wildman–Crippen LogP) is 5.97. The molecule has 2 heterocycles. The maximum Gasteiger partial charge on any atom is 0.322 e. The number of aromatic nitrogens is 2. The van der Waals surface area contributed by atoms with Crippen LogP contribution in [0.25, 0.3) is 17.0 Å². The molecule has 2 amide bonds. The molecule has 8 heteroatoms. The minimum absolute atomic E-state index is 0.0590. The van der Waals surface area contributed by atoms with Crippen LogP contribution in [0.4, 0.5) is 9.18 Å². The number of amides is 2. The lowest BCUT2D eigenvalue weighted by Crippen LogP contribution is -2.45. The zero-order valence-corrected chi connectivity index (χ0v) is 19.9. The van der Waals surface area contributed by atoms with Crippen molar-refractivity contribution in [2.24, 2.45) is 0 Å². The van der Waals surface area contributed by atoms with Gasteiger partial charge in [-0.15, -0.1) is 0 Å². The molecular weight excluding hydrogens is 459 g/mol. The lowest BCUT2D eigenvalue weighted by atomic mass is 9.94. The molecule has 0 spiro atoms. The maximum absolute atomic E-state index is 14.4. The molecule has 4 aromatic rings. The van der Waals surface area contributed by atoms with Gasteiger partial charge in [-0.25, -0.2) is 9.18 Å². The highest BCUT2D eigenvalue weighted by Gasteiger charge is 2.36. The standard InChI is InChI=1S/C28H25FN4O3/c1-3-35-22-15-13-19(14-16-22)25-24(27-31-26(32-36-27)20-9-5-4-6-10-20)18(2)33(28(34)30-25)17-21-11-7-8-12-23(21)29/h4-16,25H,3,17H2,1-2H3,(H,30,34). The van der Waals surface area contributed by atoms with E-state index in [1.807, 2.05) is 68.4 Å². The Balaban J connectivity index is 1.58. The molecule has 0 aliphatic carbocycles. The maximum atomic E-state index is 14.4. The van der Waals surface area contributed by atoms with Gasteiger partial charge in [0.05, 0.1) is 24.8 Å². The van der Waals surface area contributed by atoms with Crippen LogP contribution in [0.2, 0.25) is 0 Å². The smallest absolute Gasteiger partial charge is 0.322 e. The highest BCUT2D eigenvalue weighted by molar-refractivity contribution is 5.87. The second-order valence-corrected chi connectivity index (χ2v) is 8.35. The third-order valence-corrected chi connectivity index (χ3v) is 6.10. The number of nitrogens with one attached hydrogen (secondary N) is 1. The number of halogens is 1.